The Morgan fingerprint density at radius 3 is 2.18 bits per heavy atom. The van der Waals surface area contributed by atoms with Crippen molar-refractivity contribution in [1.82, 2.24) is 0 Å². The first-order chi connectivity index (χ1) is 5.07. The van der Waals surface area contributed by atoms with Crippen LogP contribution >= 0.6 is 11.8 Å². The maximum atomic E-state index is 5.45. The lowest BCUT2D eigenvalue weighted by molar-refractivity contribution is 0.814. The molecule has 0 heterocycles. The van der Waals surface area contributed by atoms with Crippen LogP contribution in [-0.4, -0.2) is 0 Å². The summed E-state index contributed by atoms with van der Waals surface area (Å²) < 4.78 is 0. The Morgan fingerprint density at radius 1 is 1.36 bits per heavy atom. The first-order valence-electron chi connectivity index (χ1n) is 3.79. The fourth-order valence-corrected chi connectivity index (χ4v) is 1.28. The van der Waals surface area contributed by atoms with Gasteiger partial charge in [0.15, 0.2) is 0 Å². The zero-order valence-corrected chi connectivity index (χ0v) is 8.53. The lowest BCUT2D eigenvalue weighted by Crippen LogP contribution is -1.92. The lowest BCUT2D eigenvalue weighted by atomic mass is 10.2. The monoisotopic (exact) mass is 171 g/mol. The molecule has 0 aromatic carbocycles. The molecule has 0 saturated carbocycles. The van der Waals surface area contributed by atoms with E-state index in [1.54, 1.807) is 18.0 Å². The van der Waals surface area contributed by atoms with Gasteiger partial charge in [0.2, 0.25) is 0 Å². The summed E-state index contributed by atoms with van der Waals surface area (Å²) in [4.78, 5) is 1.23. The highest BCUT2D eigenvalue weighted by Crippen LogP contribution is 2.24. The molecule has 0 bridgehead atoms. The molecule has 0 unspecified atom stereocenters. The van der Waals surface area contributed by atoms with Crippen molar-refractivity contribution in [1.29, 1.82) is 0 Å². The van der Waals surface area contributed by atoms with Gasteiger partial charge in [0.1, 0.15) is 0 Å². The highest BCUT2D eigenvalue weighted by atomic mass is 32.2. The van der Waals surface area contributed by atoms with Crippen molar-refractivity contribution < 1.29 is 0 Å². The van der Waals surface area contributed by atoms with E-state index in [2.05, 4.69) is 33.1 Å². The van der Waals surface area contributed by atoms with E-state index < -0.39 is 0 Å². The van der Waals surface area contributed by atoms with Gasteiger partial charge in [-0.05, 0) is 25.2 Å². The van der Waals surface area contributed by atoms with Crippen LogP contribution in [0.4, 0.5) is 0 Å². The molecule has 0 aliphatic rings. The summed E-state index contributed by atoms with van der Waals surface area (Å²) in [5.74, 6) is 0.528. The van der Waals surface area contributed by atoms with Crippen molar-refractivity contribution in [3.8, 4) is 0 Å². The highest BCUT2D eigenvalue weighted by Gasteiger charge is 2.00. The number of hydrogen-bond donors (Lipinski definition) is 1. The van der Waals surface area contributed by atoms with Crippen LogP contribution in [0.3, 0.4) is 0 Å². The molecule has 2 N–H and O–H groups in total. The van der Waals surface area contributed by atoms with Crippen molar-refractivity contribution in [2.45, 2.75) is 27.7 Å². The van der Waals surface area contributed by atoms with Gasteiger partial charge < -0.3 is 5.73 Å². The fourth-order valence-electron chi connectivity index (χ4n) is 0.554. The summed E-state index contributed by atoms with van der Waals surface area (Å²) in [6, 6.07) is 0. The molecule has 0 aliphatic heterocycles. The Kier molecular flexibility index (Phi) is 5.12. The van der Waals surface area contributed by atoms with Gasteiger partial charge in [-0.1, -0.05) is 19.4 Å². The van der Waals surface area contributed by atoms with Crippen molar-refractivity contribution >= 4 is 11.8 Å². The number of allylic oxidation sites excluding steroid dienone is 2. The predicted octanol–water partition coefficient (Wildman–Crippen LogP) is 3.10. The van der Waals surface area contributed by atoms with E-state index in [4.69, 9.17) is 5.73 Å². The van der Waals surface area contributed by atoms with Gasteiger partial charge in [0.25, 0.3) is 0 Å². The second-order valence-corrected chi connectivity index (χ2v) is 3.98. The third-order valence-corrected chi connectivity index (χ3v) is 2.63. The first kappa shape index (κ1) is 10.6. The van der Waals surface area contributed by atoms with Crippen molar-refractivity contribution in [2.75, 3.05) is 0 Å². The molecule has 0 aromatic heterocycles. The normalized spacial score (nSPS) is 11.9. The molecule has 0 saturated heterocycles. The molecule has 0 aliphatic carbocycles. The molecule has 11 heavy (non-hydrogen) atoms. The zero-order valence-electron chi connectivity index (χ0n) is 7.72. The van der Waals surface area contributed by atoms with Gasteiger partial charge in [-0.2, -0.15) is 0 Å². The summed E-state index contributed by atoms with van der Waals surface area (Å²) in [7, 11) is 0. The molecule has 2 heteroatoms. The Morgan fingerprint density at radius 2 is 1.91 bits per heavy atom. The Labute approximate surface area is 73.7 Å². The number of hydrogen-bond acceptors (Lipinski definition) is 2. The van der Waals surface area contributed by atoms with Crippen LogP contribution in [-0.2, 0) is 0 Å². The lowest BCUT2D eigenvalue weighted by Gasteiger charge is -2.06. The molecule has 0 rings (SSSR count). The van der Waals surface area contributed by atoms with Crippen molar-refractivity contribution in [2.24, 2.45) is 11.7 Å². The van der Waals surface area contributed by atoms with Crippen molar-refractivity contribution in [3.63, 3.8) is 0 Å². The second kappa shape index (κ2) is 5.30. The van der Waals surface area contributed by atoms with E-state index in [1.165, 1.54) is 10.5 Å². The van der Waals surface area contributed by atoms with Crippen molar-refractivity contribution in [3.05, 3.63) is 22.1 Å². The van der Waals surface area contributed by atoms with Crippen LogP contribution in [0.1, 0.15) is 27.7 Å². The Bertz CT molecular complexity index is 164. The van der Waals surface area contributed by atoms with Gasteiger partial charge in [-0.25, -0.2) is 0 Å². The molecule has 0 spiro atoms. The molecule has 1 nitrogen and oxygen atoms in total. The molecule has 0 aromatic rings. The van der Waals surface area contributed by atoms with Crippen LogP contribution < -0.4 is 5.73 Å². The summed E-state index contributed by atoms with van der Waals surface area (Å²) in [5, 5.41) is 2.12. The van der Waals surface area contributed by atoms with Crippen LogP contribution in [0.2, 0.25) is 0 Å². The third-order valence-electron chi connectivity index (χ3n) is 1.16. The smallest absolute Gasteiger partial charge is 0.00716 e. The zero-order chi connectivity index (χ0) is 8.85. The second-order valence-electron chi connectivity index (χ2n) is 3.04. The summed E-state index contributed by atoms with van der Waals surface area (Å²) >= 11 is 1.71. The summed E-state index contributed by atoms with van der Waals surface area (Å²) in [6.45, 7) is 8.46. The minimum Gasteiger partial charge on any atom is -0.404 e. The van der Waals surface area contributed by atoms with E-state index in [1.807, 2.05) is 0 Å². The molecule has 64 valence electrons. The van der Waals surface area contributed by atoms with Gasteiger partial charge >= 0.3 is 0 Å². The predicted molar refractivity (Wildman–Crippen MR) is 54.1 cm³/mol. The van der Waals surface area contributed by atoms with Crippen LogP contribution in [0.15, 0.2) is 22.1 Å². The van der Waals surface area contributed by atoms with E-state index in [0.29, 0.717) is 5.92 Å². The number of rotatable bonds is 3. The maximum absolute atomic E-state index is 5.45. The van der Waals surface area contributed by atoms with Crippen LogP contribution in [0.5, 0.6) is 0 Å². The number of thioether (sulfide) groups is 1. The first-order valence-corrected chi connectivity index (χ1v) is 4.67. The third kappa shape index (κ3) is 4.96. The fraction of sp³-hybridized carbons (Fsp3) is 0.556. The molecule has 0 radical (unpaired) electrons. The van der Waals surface area contributed by atoms with E-state index in [0.717, 1.165) is 0 Å². The largest absolute Gasteiger partial charge is 0.404 e. The Balaban J connectivity index is 4.02. The van der Waals surface area contributed by atoms with E-state index in [-0.39, 0.29) is 0 Å². The standard InChI is InChI=1S/C9H17NS/c1-7(2)6-11-9(5-10)8(3)4/h5-6,8H,10H2,1-4H3/b9-5-. The summed E-state index contributed by atoms with van der Waals surface area (Å²) in [5.41, 5.74) is 6.76. The van der Waals surface area contributed by atoms with E-state index >= 15 is 0 Å². The van der Waals surface area contributed by atoms with Gasteiger partial charge in [0, 0.05) is 11.1 Å². The van der Waals surface area contributed by atoms with Crippen LogP contribution in [0.25, 0.3) is 0 Å². The number of nitrogens with two attached hydrogens (primary N) is 1. The molecule has 0 atom stereocenters. The van der Waals surface area contributed by atoms with Gasteiger partial charge in [0.05, 0.1) is 0 Å². The SMILES string of the molecule is CC(C)=CS/C(=C\N)C(C)C. The average Bonchev–Trinajstić information content (AvgIpc) is 1.87. The maximum Gasteiger partial charge on any atom is 0.00716 e. The Hall–Kier alpha value is -0.370. The van der Waals surface area contributed by atoms with Crippen LogP contribution in [0, 0.1) is 5.92 Å². The quantitative estimate of drug-likeness (QED) is 0.706. The molecule has 0 fully saturated rings. The average molecular weight is 171 g/mol. The summed E-state index contributed by atoms with van der Waals surface area (Å²) in [6.07, 6.45) is 1.69. The minimum absolute atomic E-state index is 0.528. The van der Waals surface area contributed by atoms with E-state index in [9.17, 15) is 0 Å². The van der Waals surface area contributed by atoms with Gasteiger partial charge in [-0.15, -0.1) is 11.8 Å². The highest BCUT2D eigenvalue weighted by molar-refractivity contribution is 8.05. The molecule has 0 amide bonds. The minimum atomic E-state index is 0.528. The topological polar surface area (TPSA) is 26.0 Å². The molecular formula is C9H17NS. The van der Waals surface area contributed by atoms with Gasteiger partial charge in [-0.3, -0.25) is 0 Å². The molecular weight excluding hydrogens is 154 g/mol.